The van der Waals surface area contributed by atoms with Crippen LogP contribution in [-0.2, 0) is 13.0 Å². The van der Waals surface area contributed by atoms with Crippen molar-refractivity contribution in [1.82, 2.24) is 15.1 Å². The van der Waals surface area contributed by atoms with Gasteiger partial charge in [0.25, 0.3) is 11.5 Å². The lowest BCUT2D eigenvalue weighted by atomic mass is 10.1. The van der Waals surface area contributed by atoms with Gasteiger partial charge < -0.3 is 25.3 Å². The Morgan fingerprint density at radius 3 is 2.48 bits per heavy atom. The Bertz CT molecular complexity index is 753. The molecule has 0 atom stereocenters. The lowest BCUT2D eigenvalue weighted by molar-refractivity contribution is 0.0733. The Morgan fingerprint density at radius 1 is 1.14 bits per heavy atom. The second kappa shape index (κ2) is 4.58. The summed E-state index contributed by atoms with van der Waals surface area (Å²) >= 11 is 0. The van der Waals surface area contributed by atoms with Crippen LogP contribution in [0.3, 0.4) is 0 Å². The van der Waals surface area contributed by atoms with Gasteiger partial charge in [0.2, 0.25) is 0 Å². The molecule has 1 aromatic heterocycles. The Labute approximate surface area is 118 Å². The number of aromatic hydroxyl groups is 3. The smallest absolute Gasteiger partial charge is 0.269 e. The molecule has 0 saturated heterocycles. The number of phenolic OH excluding ortho intramolecular Hbond substituents is 3. The lowest BCUT2D eigenvalue weighted by Gasteiger charge is -2.26. The maximum atomic E-state index is 12.4. The zero-order valence-electron chi connectivity index (χ0n) is 10.9. The fourth-order valence-corrected chi connectivity index (χ4v) is 2.40. The summed E-state index contributed by atoms with van der Waals surface area (Å²) in [4.78, 5) is 25.4. The van der Waals surface area contributed by atoms with Crippen LogP contribution in [0, 0.1) is 0 Å². The average Bonchev–Trinajstić information content (AvgIpc) is 2.84. The number of fused-ring (bicyclic) bond motifs is 1. The van der Waals surface area contributed by atoms with Crippen molar-refractivity contribution in [3.8, 4) is 17.2 Å². The molecule has 1 amide bonds. The number of nitrogens with zero attached hydrogens (tertiary/aromatic N) is 1. The minimum Gasteiger partial charge on any atom is -0.504 e. The minimum atomic E-state index is -0.672. The molecular formula is C13H13N3O5. The zero-order chi connectivity index (χ0) is 15.1. The predicted molar refractivity (Wildman–Crippen MR) is 71.3 cm³/mol. The van der Waals surface area contributed by atoms with Gasteiger partial charge in [0, 0.05) is 24.2 Å². The van der Waals surface area contributed by atoms with Crippen molar-refractivity contribution in [2.45, 2.75) is 13.0 Å². The SMILES string of the molecule is O=C(c1cc(O)c(O)c(O)c1)N1CCc2[nH][nH]c(=O)c2C1. The zero-order valence-corrected chi connectivity index (χ0v) is 10.9. The molecule has 0 bridgehead atoms. The summed E-state index contributed by atoms with van der Waals surface area (Å²) in [7, 11) is 0. The highest BCUT2D eigenvalue weighted by molar-refractivity contribution is 5.95. The summed E-state index contributed by atoms with van der Waals surface area (Å²) in [6, 6.07) is 2.16. The number of carbonyl (C=O) groups excluding carboxylic acids is 1. The molecule has 0 radical (unpaired) electrons. The van der Waals surface area contributed by atoms with Gasteiger partial charge in [-0.05, 0) is 12.1 Å². The molecule has 2 heterocycles. The first-order valence-corrected chi connectivity index (χ1v) is 6.30. The first-order valence-electron chi connectivity index (χ1n) is 6.30. The number of phenols is 3. The predicted octanol–water partition coefficient (Wildman–Crippen LogP) is 0.0183. The van der Waals surface area contributed by atoms with Gasteiger partial charge in [-0.1, -0.05) is 0 Å². The molecule has 1 aliphatic rings. The number of nitrogens with one attached hydrogen (secondary N) is 2. The van der Waals surface area contributed by atoms with Crippen molar-refractivity contribution >= 4 is 5.91 Å². The molecule has 8 heteroatoms. The summed E-state index contributed by atoms with van der Waals surface area (Å²) in [6.07, 6.45) is 0.510. The van der Waals surface area contributed by atoms with E-state index in [-0.39, 0.29) is 17.7 Å². The third-order valence-electron chi connectivity index (χ3n) is 3.55. The quantitative estimate of drug-likeness (QED) is 0.473. The molecule has 0 saturated carbocycles. The van der Waals surface area contributed by atoms with E-state index in [2.05, 4.69) is 10.2 Å². The maximum absolute atomic E-state index is 12.4. The molecule has 1 aliphatic heterocycles. The van der Waals surface area contributed by atoms with Crippen LogP contribution in [0.2, 0.25) is 0 Å². The first kappa shape index (κ1) is 13.1. The standard InChI is InChI=1S/C13H13N3O5/c17-9-3-6(4-10(18)11(9)19)13(21)16-2-1-8-7(5-16)12(20)15-14-8/h3-4,17-19H,1-2,5H2,(H2,14,15,20). The van der Waals surface area contributed by atoms with Gasteiger partial charge in [-0.15, -0.1) is 0 Å². The maximum Gasteiger partial charge on any atom is 0.269 e. The van der Waals surface area contributed by atoms with Gasteiger partial charge >= 0.3 is 0 Å². The normalized spacial score (nSPS) is 14.0. The summed E-state index contributed by atoms with van der Waals surface area (Å²) in [5.74, 6) is -2.26. The van der Waals surface area contributed by atoms with Gasteiger partial charge in [-0.3, -0.25) is 14.7 Å². The van der Waals surface area contributed by atoms with Crippen LogP contribution in [-0.4, -0.2) is 42.9 Å². The van der Waals surface area contributed by atoms with Crippen LogP contribution >= 0.6 is 0 Å². The van der Waals surface area contributed by atoms with Gasteiger partial charge in [0.05, 0.1) is 12.1 Å². The van der Waals surface area contributed by atoms with Crippen molar-refractivity contribution in [2.24, 2.45) is 0 Å². The molecule has 0 fully saturated rings. The van der Waals surface area contributed by atoms with Crippen LogP contribution in [0.25, 0.3) is 0 Å². The molecule has 8 nitrogen and oxygen atoms in total. The van der Waals surface area contributed by atoms with E-state index in [1.807, 2.05) is 0 Å². The molecule has 0 aliphatic carbocycles. The van der Waals surface area contributed by atoms with Gasteiger partial charge in [-0.25, -0.2) is 0 Å². The molecule has 0 unspecified atom stereocenters. The van der Waals surface area contributed by atoms with E-state index < -0.39 is 23.2 Å². The van der Waals surface area contributed by atoms with E-state index in [0.717, 1.165) is 17.8 Å². The number of aromatic amines is 2. The fourth-order valence-electron chi connectivity index (χ4n) is 2.40. The summed E-state index contributed by atoms with van der Waals surface area (Å²) in [6.45, 7) is 0.553. The van der Waals surface area contributed by atoms with Gasteiger partial charge in [0.1, 0.15) is 0 Å². The number of amides is 1. The number of H-pyrrole nitrogens is 2. The molecule has 5 N–H and O–H groups in total. The highest BCUT2D eigenvalue weighted by Crippen LogP contribution is 2.35. The van der Waals surface area contributed by atoms with Crippen molar-refractivity contribution in [1.29, 1.82) is 0 Å². The van der Waals surface area contributed by atoms with Crippen LogP contribution in [0.1, 0.15) is 21.6 Å². The average molecular weight is 291 g/mol. The second-order valence-corrected chi connectivity index (χ2v) is 4.88. The Hall–Kier alpha value is -2.90. The van der Waals surface area contributed by atoms with Crippen molar-refractivity contribution < 1.29 is 20.1 Å². The van der Waals surface area contributed by atoms with E-state index >= 15 is 0 Å². The van der Waals surface area contributed by atoms with E-state index in [4.69, 9.17) is 0 Å². The highest BCUT2D eigenvalue weighted by atomic mass is 16.3. The minimum absolute atomic E-state index is 0.0400. The Morgan fingerprint density at radius 2 is 1.81 bits per heavy atom. The fraction of sp³-hybridized carbons (Fsp3) is 0.231. The van der Waals surface area contributed by atoms with Crippen molar-refractivity contribution in [3.05, 3.63) is 39.3 Å². The summed E-state index contributed by atoms with van der Waals surface area (Å²) in [5, 5.41) is 33.4. The largest absolute Gasteiger partial charge is 0.504 e. The molecular weight excluding hydrogens is 278 g/mol. The Balaban J connectivity index is 1.90. The molecule has 0 spiro atoms. The number of carbonyl (C=O) groups is 1. The monoisotopic (exact) mass is 291 g/mol. The van der Waals surface area contributed by atoms with Crippen LogP contribution in [0.5, 0.6) is 17.2 Å². The molecule has 21 heavy (non-hydrogen) atoms. The second-order valence-electron chi connectivity index (χ2n) is 4.88. The summed E-state index contributed by atoms with van der Waals surface area (Å²) in [5.41, 5.74) is 1.05. The third-order valence-corrected chi connectivity index (χ3v) is 3.55. The van der Waals surface area contributed by atoms with Crippen LogP contribution in [0.15, 0.2) is 16.9 Å². The van der Waals surface area contributed by atoms with Crippen LogP contribution < -0.4 is 5.56 Å². The van der Waals surface area contributed by atoms with Crippen LogP contribution in [0.4, 0.5) is 0 Å². The number of rotatable bonds is 1. The Kier molecular flexibility index (Phi) is 2.86. The first-order chi connectivity index (χ1) is 9.97. The molecule has 3 rings (SSSR count). The van der Waals surface area contributed by atoms with Crippen molar-refractivity contribution in [3.63, 3.8) is 0 Å². The van der Waals surface area contributed by atoms with Gasteiger partial charge in [0.15, 0.2) is 17.2 Å². The number of aromatic nitrogens is 2. The molecule has 1 aromatic carbocycles. The highest BCUT2D eigenvalue weighted by Gasteiger charge is 2.26. The summed E-state index contributed by atoms with van der Waals surface area (Å²) < 4.78 is 0. The van der Waals surface area contributed by atoms with E-state index in [1.54, 1.807) is 0 Å². The topological polar surface area (TPSA) is 130 Å². The number of hydrogen-bond donors (Lipinski definition) is 5. The molecule has 2 aromatic rings. The molecule has 110 valence electrons. The van der Waals surface area contributed by atoms with E-state index in [1.165, 1.54) is 4.90 Å². The van der Waals surface area contributed by atoms with Crippen molar-refractivity contribution in [2.75, 3.05) is 6.54 Å². The number of hydrogen-bond acceptors (Lipinski definition) is 5. The van der Waals surface area contributed by atoms with E-state index in [9.17, 15) is 24.9 Å². The lowest BCUT2D eigenvalue weighted by Crippen LogP contribution is -2.37. The number of benzene rings is 1. The van der Waals surface area contributed by atoms with E-state index in [0.29, 0.717) is 18.5 Å². The van der Waals surface area contributed by atoms with Gasteiger partial charge in [-0.2, -0.15) is 0 Å². The third kappa shape index (κ3) is 2.10.